The highest BCUT2D eigenvalue weighted by Crippen LogP contribution is 2.32. The van der Waals surface area contributed by atoms with Gasteiger partial charge in [-0.15, -0.1) is 0 Å². The van der Waals surface area contributed by atoms with Crippen molar-refractivity contribution in [1.82, 2.24) is 52.8 Å². The molecule has 0 saturated carbocycles. The second kappa shape index (κ2) is 34.3. The second-order valence-electron chi connectivity index (χ2n) is 20.4. The number of amides is 7. The minimum Gasteiger partial charge on any atom is -0.394 e. The van der Waals surface area contributed by atoms with Crippen LogP contribution in [0.3, 0.4) is 0 Å². The predicted octanol–water partition coefficient (Wildman–Crippen LogP) is 1.37. The molecule has 2 saturated heterocycles. The fraction of sp³-hybridized carbons (Fsp3) is 0.414. The summed E-state index contributed by atoms with van der Waals surface area (Å²) in [6.45, 7) is 3.98. The number of halogens is 2. The molecule has 2 aliphatic rings. The normalized spacial score (nSPS) is 21.5. The number of aromatic amines is 1. The van der Waals surface area contributed by atoms with E-state index in [0.29, 0.717) is 39.7 Å². The number of unbranched alkanes of at least 4 members (excludes halogenated alkanes) is 1. The third-order valence-corrected chi connectivity index (χ3v) is 16.8. The van der Waals surface area contributed by atoms with E-state index in [1.54, 1.807) is 79.0 Å². The van der Waals surface area contributed by atoms with Crippen molar-refractivity contribution in [2.24, 2.45) is 16.5 Å². The zero-order valence-electron chi connectivity index (χ0n) is 47.0. The van der Waals surface area contributed by atoms with E-state index < -0.39 is 108 Å². The summed E-state index contributed by atoms with van der Waals surface area (Å²) in [5, 5.41) is 57.8. The minimum absolute atomic E-state index is 0.0340. The standard InChI is InChI=1S/C49H66N10O10S2.C9H9Cl2N3/c1-28(61)39(25-60)56-48(68)41-27-71-70-26-40(57-43(63)34(51)21-30-13-5-3-6-14-30)47(67)54-37(22-31-15-7-4-8-16-31)45(65)55-38(23-32-24-52-35-18-10-9-17-33(32)35)46(66)53-36(19-11-12-20-50)44(64)59-42(29(2)62)49(69)58-41;10-6-2-1-3-7(11)8(6)14-9-12-4-5-13-9/h3-10,13-18,24,28-29,34,36-42,52,60-62H,11-12,19-23,25-27,50-51H2,1-2H3,(H,53,66)(H,54,67)(H,55,65)(H,56,68)(H,57,63)(H,58,69)(H,59,64);1-3H,4-5H2,(H2,12,13,14)/t28-,29?,34-,36+,37+,38-,39-,40+,41+,42+;/m1./s1. The number of carbonyl (C=O) groups excluding carboxylic acids is 7. The Morgan fingerprint density at radius 1 is 0.706 bits per heavy atom. The van der Waals surface area contributed by atoms with Gasteiger partial charge in [-0.2, -0.15) is 0 Å². The van der Waals surface area contributed by atoms with Gasteiger partial charge in [-0.05, 0) is 81.0 Å². The molecule has 7 rings (SSSR count). The van der Waals surface area contributed by atoms with E-state index in [1.807, 2.05) is 30.3 Å². The number of hydrogen-bond donors (Lipinski definition) is 15. The van der Waals surface area contributed by atoms with Crippen LogP contribution in [0, 0.1) is 0 Å². The highest BCUT2D eigenvalue weighted by Gasteiger charge is 2.36. The highest BCUT2D eigenvalue weighted by atomic mass is 35.5. The van der Waals surface area contributed by atoms with Gasteiger partial charge in [-0.25, -0.2) is 4.99 Å². The summed E-state index contributed by atoms with van der Waals surface area (Å²) in [6, 6.07) is 19.9. The highest BCUT2D eigenvalue weighted by molar-refractivity contribution is 8.76. The van der Waals surface area contributed by atoms with Gasteiger partial charge in [-0.3, -0.25) is 33.6 Å². The minimum atomic E-state index is -1.66. The third kappa shape index (κ3) is 20.9. The number of nitrogens with one attached hydrogen (secondary N) is 10. The Kier molecular flexibility index (Phi) is 27.1. The number of fused-ring (bicyclic) bond motifs is 1. The van der Waals surface area contributed by atoms with Crippen molar-refractivity contribution < 1.29 is 48.9 Å². The fourth-order valence-corrected chi connectivity index (χ4v) is 11.7. The van der Waals surface area contributed by atoms with Gasteiger partial charge >= 0.3 is 0 Å². The van der Waals surface area contributed by atoms with Gasteiger partial charge in [0.1, 0.15) is 41.9 Å². The number of hydrogen-bond acceptors (Lipinski definition) is 15. The molecule has 2 aliphatic heterocycles. The Bertz CT molecular complexity index is 3030. The average Bonchev–Trinajstić information content (AvgIpc) is 4.41. The molecule has 85 heavy (non-hydrogen) atoms. The zero-order chi connectivity index (χ0) is 61.4. The summed E-state index contributed by atoms with van der Waals surface area (Å²) >= 11 is 11.9. The Morgan fingerprint density at radius 2 is 1.29 bits per heavy atom. The fourth-order valence-electron chi connectivity index (χ4n) is 8.94. The van der Waals surface area contributed by atoms with Crippen LogP contribution in [0.4, 0.5) is 5.69 Å². The molecular weight excluding hydrogens is 1170 g/mol. The van der Waals surface area contributed by atoms with Crippen LogP contribution in [0.5, 0.6) is 0 Å². The number of carbonyl (C=O) groups is 7. The number of benzene rings is 4. The number of guanidine groups is 1. The van der Waals surface area contributed by atoms with Crippen LogP contribution in [0.25, 0.3) is 10.9 Å². The molecule has 7 amide bonds. The van der Waals surface area contributed by atoms with Crippen molar-refractivity contribution in [3.8, 4) is 0 Å². The maximum Gasteiger partial charge on any atom is 0.245 e. The molecule has 0 radical (unpaired) electrons. The van der Waals surface area contributed by atoms with Gasteiger partial charge in [0.05, 0.1) is 40.9 Å². The average molecular weight is 1250 g/mol. The molecule has 1 unspecified atom stereocenters. The predicted molar refractivity (Wildman–Crippen MR) is 332 cm³/mol. The summed E-state index contributed by atoms with van der Waals surface area (Å²) in [5.74, 6) is -5.29. The summed E-state index contributed by atoms with van der Waals surface area (Å²) in [4.78, 5) is 107. The maximum absolute atomic E-state index is 14.7. The number of nitrogens with two attached hydrogens (primary N) is 2. The SMILES string of the molecule is CC(O)[C@@H]1NC(=O)[C@H](CCCCN)NC(=O)[C@@H](Cc2c[nH]c3ccccc23)NC(=O)[C@H](Cc2ccccc2)NC(=O)[C@@H](NC(=O)[C@H](N)Cc2ccccc2)CSSC[C@@H](C(=O)N[C@H](CO)[C@@H](C)O)NC1=O.Clc1cccc(Cl)c1N=C1NCCN1. The molecule has 10 atom stereocenters. The third-order valence-electron chi connectivity index (χ3n) is 13.7. The summed E-state index contributed by atoms with van der Waals surface area (Å²) in [7, 11) is 2.06. The molecule has 0 bridgehead atoms. The number of nitrogens with zero attached hydrogens (tertiary/aromatic N) is 1. The summed E-state index contributed by atoms with van der Waals surface area (Å²) in [5.41, 5.74) is 15.6. The number of H-pyrrole nitrogens is 1. The molecule has 0 spiro atoms. The van der Waals surface area contributed by atoms with Gasteiger partial charge in [0.2, 0.25) is 41.4 Å². The van der Waals surface area contributed by atoms with Crippen molar-refractivity contribution in [1.29, 1.82) is 0 Å². The van der Waals surface area contributed by atoms with E-state index in [2.05, 4.69) is 57.8 Å². The summed E-state index contributed by atoms with van der Waals surface area (Å²) < 4.78 is 0. The molecule has 5 aromatic rings. The van der Waals surface area contributed by atoms with Crippen LogP contribution in [-0.2, 0) is 52.8 Å². The largest absolute Gasteiger partial charge is 0.394 e. The van der Waals surface area contributed by atoms with Crippen LogP contribution in [0.15, 0.2) is 114 Å². The molecular formula is C58H75Cl2N13O10S2. The Balaban J connectivity index is 0.000000716. The molecule has 1 aromatic heterocycles. The molecule has 23 nitrogen and oxygen atoms in total. The van der Waals surface area contributed by atoms with Crippen molar-refractivity contribution in [2.75, 3.05) is 37.7 Å². The van der Waals surface area contributed by atoms with Crippen molar-refractivity contribution in [3.63, 3.8) is 0 Å². The van der Waals surface area contributed by atoms with Gasteiger partial charge < -0.3 is 79.6 Å². The molecule has 458 valence electrons. The first-order chi connectivity index (χ1) is 40.8. The number of para-hydroxylation sites is 2. The molecule has 2 fully saturated rings. The van der Waals surface area contributed by atoms with E-state index in [9.17, 15) is 48.9 Å². The topological polar surface area (TPSA) is 369 Å². The molecule has 17 N–H and O–H groups in total. The van der Waals surface area contributed by atoms with E-state index in [4.69, 9.17) is 34.7 Å². The van der Waals surface area contributed by atoms with Crippen molar-refractivity contribution >= 4 is 109 Å². The van der Waals surface area contributed by atoms with Gasteiger partial charge in [0.25, 0.3) is 0 Å². The van der Waals surface area contributed by atoms with E-state index in [-0.39, 0.29) is 43.7 Å². The maximum atomic E-state index is 14.7. The van der Waals surface area contributed by atoms with E-state index in [0.717, 1.165) is 57.1 Å². The smallest absolute Gasteiger partial charge is 0.245 e. The molecule has 0 aliphatic carbocycles. The summed E-state index contributed by atoms with van der Waals surface area (Å²) in [6.07, 6.45) is -0.156. The number of aliphatic imine (C=N–C) groups is 1. The zero-order valence-corrected chi connectivity index (χ0v) is 50.2. The first-order valence-corrected chi connectivity index (χ1v) is 31.0. The van der Waals surface area contributed by atoms with Crippen LogP contribution in [0.1, 0.15) is 49.8 Å². The molecule has 3 heterocycles. The molecule has 4 aromatic carbocycles. The first kappa shape index (κ1) is 67.2. The second-order valence-corrected chi connectivity index (χ2v) is 23.7. The van der Waals surface area contributed by atoms with Gasteiger partial charge in [0, 0.05) is 54.5 Å². The lowest BCUT2D eigenvalue weighted by Crippen LogP contribution is -2.62. The Morgan fingerprint density at radius 3 is 1.93 bits per heavy atom. The van der Waals surface area contributed by atoms with E-state index in [1.165, 1.54) is 13.8 Å². The lowest BCUT2D eigenvalue weighted by Gasteiger charge is -2.29. The van der Waals surface area contributed by atoms with Gasteiger partial charge in [-0.1, -0.05) is 130 Å². The number of aromatic nitrogens is 1. The van der Waals surface area contributed by atoms with Crippen LogP contribution in [-0.4, -0.2) is 166 Å². The first-order valence-electron chi connectivity index (χ1n) is 27.8. The van der Waals surface area contributed by atoms with E-state index >= 15 is 0 Å². The van der Waals surface area contributed by atoms with Gasteiger partial charge in [0.15, 0.2) is 5.96 Å². The quantitative estimate of drug-likeness (QED) is 0.0435. The Hall–Kier alpha value is -6.94. The van der Waals surface area contributed by atoms with Crippen LogP contribution < -0.4 is 59.3 Å². The van der Waals surface area contributed by atoms with Crippen molar-refractivity contribution in [3.05, 3.63) is 136 Å². The monoisotopic (exact) mass is 1250 g/mol. The van der Waals surface area contributed by atoms with Crippen molar-refractivity contribution in [2.45, 2.75) is 113 Å². The number of aliphatic hydroxyl groups excluding tert-OH is 3. The van der Waals surface area contributed by atoms with Crippen LogP contribution >= 0.6 is 44.8 Å². The lowest BCUT2D eigenvalue weighted by atomic mass is 10.0. The Labute approximate surface area is 510 Å². The lowest BCUT2D eigenvalue weighted by molar-refractivity contribution is -0.136. The van der Waals surface area contributed by atoms with Crippen LogP contribution in [0.2, 0.25) is 10.0 Å². The number of aliphatic hydroxyl groups is 3. The molecule has 27 heteroatoms. The number of rotatable bonds is 18.